The highest BCUT2D eigenvalue weighted by Crippen LogP contribution is 2.39. The van der Waals surface area contributed by atoms with Crippen LogP contribution in [0, 0.1) is 6.92 Å². The number of anilines is 2. The molecule has 6 nitrogen and oxygen atoms in total. The van der Waals surface area contributed by atoms with Crippen LogP contribution < -0.4 is 16.0 Å². The van der Waals surface area contributed by atoms with E-state index in [1.54, 1.807) is 91.0 Å². The van der Waals surface area contributed by atoms with Crippen molar-refractivity contribution in [1.29, 1.82) is 0 Å². The molecular weight excluding hydrogens is 671 g/mol. The van der Waals surface area contributed by atoms with Gasteiger partial charge >= 0.3 is 6.18 Å². The molecule has 0 aromatic heterocycles. The summed E-state index contributed by atoms with van der Waals surface area (Å²) < 4.78 is 40.1. The summed E-state index contributed by atoms with van der Waals surface area (Å²) in [5, 5.41) is 7.16. The van der Waals surface area contributed by atoms with E-state index < -0.39 is 34.7 Å². The standard InChI is InChI=1S/C38H29ClF3N3O3S/c1-24-11-8-9-16-27(24)21-33(45-35(46)26-14-6-3-7-15-26)36(47)43-29-17-10-18-30(23-29)49-34(25-12-4-2-5-13-25)37(48)44-32-22-28(38(40,41)42)19-20-31(32)39/h2-23,34H,1H3,(H,43,47)(H,44,48)(H,45,46)/b33-21-. The number of alkyl halides is 3. The van der Waals surface area contributed by atoms with E-state index in [4.69, 9.17) is 11.6 Å². The molecule has 1 atom stereocenters. The molecule has 11 heteroatoms. The molecular formula is C38H29ClF3N3O3S. The molecule has 0 aliphatic heterocycles. The molecule has 0 aliphatic rings. The van der Waals surface area contributed by atoms with Gasteiger partial charge in [-0.1, -0.05) is 90.5 Å². The number of hydrogen-bond acceptors (Lipinski definition) is 4. The highest BCUT2D eigenvalue weighted by atomic mass is 35.5. The lowest BCUT2D eigenvalue weighted by molar-refractivity contribution is -0.137. The minimum atomic E-state index is -4.62. The number of carbonyl (C=O) groups excluding carboxylic acids is 3. The largest absolute Gasteiger partial charge is 0.416 e. The van der Waals surface area contributed by atoms with E-state index in [2.05, 4.69) is 16.0 Å². The van der Waals surface area contributed by atoms with Crippen molar-refractivity contribution in [1.82, 2.24) is 5.32 Å². The topological polar surface area (TPSA) is 87.3 Å². The predicted octanol–water partition coefficient (Wildman–Crippen LogP) is 9.55. The van der Waals surface area contributed by atoms with Gasteiger partial charge in [0.15, 0.2) is 0 Å². The summed E-state index contributed by atoms with van der Waals surface area (Å²) in [7, 11) is 0. The van der Waals surface area contributed by atoms with Crippen LogP contribution >= 0.6 is 23.4 Å². The number of hydrogen-bond donors (Lipinski definition) is 3. The average Bonchev–Trinajstić information content (AvgIpc) is 3.09. The molecule has 0 saturated carbocycles. The summed E-state index contributed by atoms with van der Waals surface area (Å²) in [6.45, 7) is 1.89. The van der Waals surface area contributed by atoms with Gasteiger partial charge in [-0.25, -0.2) is 0 Å². The fourth-order valence-electron chi connectivity index (χ4n) is 4.72. The zero-order chi connectivity index (χ0) is 35.0. The lowest BCUT2D eigenvalue weighted by Crippen LogP contribution is -2.30. The van der Waals surface area contributed by atoms with E-state index >= 15 is 0 Å². The minimum Gasteiger partial charge on any atom is -0.323 e. The van der Waals surface area contributed by atoms with E-state index in [-0.39, 0.29) is 16.4 Å². The quantitative estimate of drug-likeness (QED) is 0.100. The van der Waals surface area contributed by atoms with Crippen LogP contribution in [0.2, 0.25) is 5.02 Å². The number of nitrogens with one attached hydrogen (secondary N) is 3. The van der Waals surface area contributed by atoms with Gasteiger partial charge in [0.25, 0.3) is 11.8 Å². The van der Waals surface area contributed by atoms with Crippen molar-refractivity contribution in [2.45, 2.75) is 23.2 Å². The maximum atomic E-state index is 13.6. The predicted molar refractivity (Wildman–Crippen MR) is 188 cm³/mol. The summed E-state index contributed by atoms with van der Waals surface area (Å²) in [4.78, 5) is 40.9. The Bertz CT molecular complexity index is 2000. The Kier molecular flexibility index (Phi) is 11.2. The monoisotopic (exact) mass is 699 g/mol. The zero-order valence-corrected chi connectivity index (χ0v) is 27.5. The van der Waals surface area contributed by atoms with Gasteiger partial charge in [0.2, 0.25) is 5.91 Å². The Morgan fingerprint density at radius 3 is 2.14 bits per heavy atom. The van der Waals surface area contributed by atoms with Crippen LogP contribution in [0.15, 0.2) is 138 Å². The molecule has 0 saturated heterocycles. The SMILES string of the molecule is Cc1ccccc1/C=C(\NC(=O)c1ccccc1)C(=O)Nc1cccc(SC(C(=O)Nc2cc(C(F)(F)F)ccc2Cl)c2ccccc2)c1. The minimum absolute atomic E-state index is 0.0146. The fraction of sp³-hybridized carbons (Fsp3) is 0.0789. The van der Waals surface area contributed by atoms with Crippen molar-refractivity contribution in [2.24, 2.45) is 0 Å². The summed E-state index contributed by atoms with van der Waals surface area (Å²) >= 11 is 7.30. The van der Waals surface area contributed by atoms with Gasteiger partial charge in [-0.2, -0.15) is 13.2 Å². The van der Waals surface area contributed by atoms with Crippen molar-refractivity contribution in [3.05, 3.63) is 166 Å². The van der Waals surface area contributed by atoms with E-state index in [0.717, 1.165) is 41.1 Å². The van der Waals surface area contributed by atoms with Crippen molar-refractivity contribution in [2.75, 3.05) is 10.6 Å². The lowest BCUT2D eigenvalue weighted by Gasteiger charge is -2.19. The first-order chi connectivity index (χ1) is 23.5. The van der Waals surface area contributed by atoms with Gasteiger partial charge in [0, 0.05) is 16.1 Å². The van der Waals surface area contributed by atoms with Crippen LogP contribution in [0.3, 0.4) is 0 Å². The Labute approximate surface area is 290 Å². The molecule has 5 aromatic carbocycles. The molecule has 3 amide bonds. The molecule has 1 unspecified atom stereocenters. The molecule has 49 heavy (non-hydrogen) atoms. The summed E-state index contributed by atoms with van der Waals surface area (Å²) in [6, 6.07) is 34.1. The van der Waals surface area contributed by atoms with Crippen LogP contribution in [0.5, 0.6) is 0 Å². The van der Waals surface area contributed by atoms with Crippen molar-refractivity contribution >= 4 is 58.5 Å². The number of thioether (sulfide) groups is 1. The number of carbonyl (C=O) groups is 3. The number of amides is 3. The van der Waals surface area contributed by atoms with Crippen LogP contribution in [0.4, 0.5) is 24.5 Å². The highest BCUT2D eigenvalue weighted by Gasteiger charge is 2.32. The molecule has 0 fully saturated rings. The Balaban J connectivity index is 1.39. The summed E-state index contributed by atoms with van der Waals surface area (Å²) in [5.41, 5.74) is 1.88. The van der Waals surface area contributed by atoms with E-state index in [0.29, 0.717) is 21.7 Å². The molecule has 0 heterocycles. The Hall–Kier alpha value is -5.32. The van der Waals surface area contributed by atoms with Crippen LogP contribution in [0.1, 0.15) is 37.9 Å². The molecule has 5 aromatic rings. The van der Waals surface area contributed by atoms with Gasteiger partial charge in [0.1, 0.15) is 10.9 Å². The lowest BCUT2D eigenvalue weighted by atomic mass is 10.1. The maximum absolute atomic E-state index is 13.6. The van der Waals surface area contributed by atoms with Crippen LogP contribution in [-0.2, 0) is 15.8 Å². The van der Waals surface area contributed by atoms with Gasteiger partial charge in [-0.15, -0.1) is 11.8 Å². The van der Waals surface area contributed by atoms with Crippen molar-refractivity contribution in [3.63, 3.8) is 0 Å². The van der Waals surface area contributed by atoms with E-state index in [9.17, 15) is 27.6 Å². The summed E-state index contributed by atoms with van der Waals surface area (Å²) in [5.74, 6) is -1.64. The second-order valence-corrected chi connectivity index (χ2v) is 12.4. The third-order valence-corrected chi connectivity index (χ3v) is 8.83. The number of benzene rings is 5. The van der Waals surface area contributed by atoms with Crippen LogP contribution in [-0.4, -0.2) is 17.7 Å². The first-order valence-electron chi connectivity index (χ1n) is 14.9. The third-order valence-electron chi connectivity index (χ3n) is 7.25. The van der Waals surface area contributed by atoms with Crippen molar-refractivity contribution in [3.8, 4) is 0 Å². The molecule has 5 rings (SSSR count). The van der Waals surface area contributed by atoms with E-state index in [1.165, 1.54) is 0 Å². The molecule has 0 aliphatic carbocycles. The first kappa shape index (κ1) is 35.0. The molecule has 0 radical (unpaired) electrons. The van der Waals surface area contributed by atoms with Gasteiger partial charge < -0.3 is 16.0 Å². The second kappa shape index (κ2) is 15.7. The Morgan fingerprint density at radius 1 is 0.776 bits per heavy atom. The van der Waals surface area contributed by atoms with Crippen molar-refractivity contribution < 1.29 is 27.6 Å². The number of rotatable bonds is 10. The fourth-order valence-corrected chi connectivity index (χ4v) is 5.97. The third kappa shape index (κ3) is 9.40. The Morgan fingerprint density at radius 2 is 1.45 bits per heavy atom. The normalized spacial score (nSPS) is 12.1. The summed E-state index contributed by atoms with van der Waals surface area (Å²) in [6.07, 6.45) is -3.03. The second-order valence-electron chi connectivity index (χ2n) is 10.8. The number of aryl methyl sites for hydroxylation is 1. The number of halogens is 4. The zero-order valence-electron chi connectivity index (χ0n) is 25.9. The molecule has 0 bridgehead atoms. The molecule has 248 valence electrons. The molecule has 3 N–H and O–H groups in total. The maximum Gasteiger partial charge on any atom is 0.416 e. The van der Waals surface area contributed by atoms with Gasteiger partial charge in [0.05, 0.1) is 16.3 Å². The van der Waals surface area contributed by atoms with E-state index in [1.807, 2.05) is 31.2 Å². The van der Waals surface area contributed by atoms with Gasteiger partial charge in [-0.3, -0.25) is 14.4 Å². The molecule has 0 spiro atoms. The smallest absolute Gasteiger partial charge is 0.323 e. The highest BCUT2D eigenvalue weighted by molar-refractivity contribution is 8.00. The first-order valence-corrected chi connectivity index (χ1v) is 16.2. The van der Waals surface area contributed by atoms with Gasteiger partial charge in [-0.05, 0) is 78.2 Å². The average molecular weight is 700 g/mol. The van der Waals surface area contributed by atoms with Crippen LogP contribution in [0.25, 0.3) is 6.08 Å².